The third-order valence-electron chi connectivity index (χ3n) is 8.69. The Kier molecular flexibility index (Phi) is 7.49. The lowest BCUT2D eigenvalue weighted by molar-refractivity contribution is 0.0207. The van der Waals surface area contributed by atoms with Crippen molar-refractivity contribution in [2.45, 2.75) is 37.4 Å². The topological polar surface area (TPSA) is 205 Å². The molecule has 1 aliphatic carbocycles. The third-order valence-corrected chi connectivity index (χ3v) is 8.69. The minimum Gasteiger partial charge on any atom is -0.508 e. The van der Waals surface area contributed by atoms with Crippen LogP contribution in [0, 0.1) is 5.92 Å². The normalized spacial score (nSPS) is 22.4. The van der Waals surface area contributed by atoms with Gasteiger partial charge in [-0.3, -0.25) is 9.59 Å². The van der Waals surface area contributed by atoms with E-state index in [-0.39, 0.29) is 63.0 Å². The highest BCUT2D eigenvalue weighted by Gasteiger charge is 2.45. The number of hydrogen-bond acceptors (Lipinski definition) is 11. The van der Waals surface area contributed by atoms with Gasteiger partial charge in [0.2, 0.25) is 0 Å². The van der Waals surface area contributed by atoms with E-state index < -0.39 is 58.8 Å². The van der Waals surface area contributed by atoms with Gasteiger partial charge in [0.25, 0.3) is 0 Å². The number of phenolic OH excluding ortho intramolecular Hbond substituents is 7. The van der Waals surface area contributed by atoms with E-state index in [1.807, 2.05) is 0 Å². The molecule has 1 aliphatic heterocycles. The third kappa shape index (κ3) is 5.10. The number of ketones is 2. The molecule has 0 spiro atoms. The van der Waals surface area contributed by atoms with Gasteiger partial charge >= 0.3 is 0 Å². The molecule has 4 aromatic carbocycles. The maximum absolute atomic E-state index is 14.4. The number of carbonyl (C=O) groups is 2. The smallest absolute Gasteiger partial charge is 0.199 e. The molecule has 46 heavy (non-hydrogen) atoms. The zero-order valence-corrected chi connectivity index (χ0v) is 24.3. The summed E-state index contributed by atoms with van der Waals surface area (Å²) in [7, 11) is 0. The van der Waals surface area contributed by atoms with Crippen LogP contribution in [0.3, 0.4) is 0 Å². The number of rotatable bonds is 5. The SMILES string of the molecule is CC1=C[C@@H](c2c(O)ccc([C@H]3Oc4cc(O)ccc4C(=O)[C@@H]3O)c2O)[C@H](C(=O)c2ccc(O)cc2O)[C@@H](c2ccc(O)cc2O)C1. The molecule has 6 rings (SSSR count). The molecule has 11 nitrogen and oxygen atoms in total. The van der Waals surface area contributed by atoms with Crippen molar-refractivity contribution in [3.63, 3.8) is 0 Å². The minimum atomic E-state index is -1.77. The van der Waals surface area contributed by atoms with Gasteiger partial charge in [-0.25, -0.2) is 0 Å². The van der Waals surface area contributed by atoms with E-state index in [0.29, 0.717) is 0 Å². The number of Topliss-reactive ketones (excluding diaryl/α,β-unsaturated/α-hetero) is 2. The summed E-state index contributed by atoms with van der Waals surface area (Å²) in [6, 6.07) is 13.7. The van der Waals surface area contributed by atoms with Gasteiger partial charge in [0.15, 0.2) is 23.8 Å². The van der Waals surface area contributed by atoms with Crippen LogP contribution in [0.25, 0.3) is 0 Å². The zero-order valence-electron chi connectivity index (χ0n) is 24.3. The second kappa shape index (κ2) is 11.4. The molecular weight excluding hydrogens is 596 g/mol. The second-order valence-corrected chi connectivity index (χ2v) is 11.6. The number of allylic oxidation sites excluding steroid dienone is 2. The largest absolute Gasteiger partial charge is 0.508 e. The summed E-state index contributed by atoms with van der Waals surface area (Å²) in [4.78, 5) is 27.4. The zero-order chi connectivity index (χ0) is 33.0. The van der Waals surface area contributed by atoms with Gasteiger partial charge in [-0.2, -0.15) is 0 Å². The summed E-state index contributed by atoms with van der Waals surface area (Å²) in [5, 5.41) is 85.2. The lowest BCUT2D eigenvalue weighted by atomic mass is 9.65. The van der Waals surface area contributed by atoms with Crippen molar-refractivity contribution < 1.29 is 55.2 Å². The Morgan fingerprint density at radius 2 is 1.39 bits per heavy atom. The average Bonchev–Trinajstić information content (AvgIpc) is 2.99. The molecule has 236 valence electrons. The number of aromatic hydroxyl groups is 7. The van der Waals surface area contributed by atoms with E-state index in [1.165, 1.54) is 54.6 Å². The van der Waals surface area contributed by atoms with Gasteiger partial charge in [-0.1, -0.05) is 17.7 Å². The molecule has 2 aliphatic rings. The monoisotopic (exact) mass is 626 g/mol. The molecular formula is C35H30O11. The van der Waals surface area contributed by atoms with Crippen LogP contribution in [0.2, 0.25) is 0 Å². The molecule has 0 amide bonds. The number of carbonyl (C=O) groups excluding carboxylic acids is 2. The lowest BCUT2D eigenvalue weighted by Gasteiger charge is -2.38. The number of fused-ring (bicyclic) bond motifs is 1. The van der Waals surface area contributed by atoms with Crippen molar-refractivity contribution in [1.82, 2.24) is 0 Å². The standard InChI is InChI=1S/C35H30O11/c1-15-10-23(19-5-2-16(36)12-26(19)40)29(31(42)20-6-3-17(37)13-27(20)41)24(11-15)30-25(39)9-8-22(32(30)43)35-34(45)33(44)21-7-4-18(38)14-28(21)46-35/h2-9,11-14,23-24,29,34-41,43,45H,10H2,1H3/t23-,24-,29-,34+,35-/m1/s1. The fourth-order valence-electron chi connectivity index (χ4n) is 6.58. The van der Waals surface area contributed by atoms with E-state index in [0.717, 1.165) is 17.7 Å². The number of aliphatic hydroxyl groups is 1. The number of ether oxygens (including phenoxy) is 1. The summed E-state index contributed by atoms with van der Waals surface area (Å²) >= 11 is 0. The van der Waals surface area contributed by atoms with Gasteiger partial charge < -0.3 is 45.6 Å². The van der Waals surface area contributed by atoms with Gasteiger partial charge in [-0.15, -0.1) is 0 Å². The molecule has 0 saturated heterocycles. The Morgan fingerprint density at radius 3 is 2.09 bits per heavy atom. The average molecular weight is 627 g/mol. The van der Waals surface area contributed by atoms with Crippen LogP contribution in [-0.4, -0.2) is 58.5 Å². The first-order valence-corrected chi connectivity index (χ1v) is 14.4. The fourth-order valence-corrected chi connectivity index (χ4v) is 6.58. The van der Waals surface area contributed by atoms with Crippen LogP contribution in [0.4, 0.5) is 0 Å². The highest BCUT2D eigenvalue weighted by atomic mass is 16.5. The Hall–Kier alpha value is -5.68. The van der Waals surface area contributed by atoms with Crippen molar-refractivity contribution in [3.05, 3.63) is 106 Å². The summed E-state index contributed by atoms with van der Waals surface area (Å²) in [5.41, 5.74) is 0.659. The summed E-state index contributed by atoms with van der Waals surface area (Å²) in [5.74, 6) is -6.94. The van der Waals surface area contributed by atoms with Gasteiger partial charge in [-0.05, 0) is 61.4 Å². The van der Waals surface area contributed by atoms with Gasteiger partial charge in [0.05, 0.1) is 11.1 Å². The molecule has 0 bridgehead atoms. The number of benzene rings is 4. The Bertz CT molecular complexity index is 1930. The van der Waals surface area contributed by atoms with Crippen LogP contribution in [0.5, 0.6) is 46.0 Å². The first kappa shape index (κ1) is 30.4. The number of phenols is 7. The molecule has 8 N–H and O–H groups in total. The van der Waals surface area contributed by atoms with Crippen LogP contribution in [-0.2, 0) is 0 Å². The number of hydrogen-bond donors (Lipinski definition) is 8. The maximum atomic E-state index is 14.4. The molecule has 11 heteroatoms. The summed E-state index contributed by atoms with van der Waals surface area (Å²) < 4.78 is 5.89. The molecule has 5 atom stereocenters. The molecule has 0 aromatic heterocycles. The lowest BCUT2D eigenvalue weighted by Crippen LogP contribution is -2.36. The molecule has 0 radical (unpaired) electrons. The van der Waals surface area contributed by atoms with Crippen molar-refractivity contribution in [2.24, 2.45) is 5.92 Å². The molecule has 0 saturated carbocycles. The van der Waals surface area contributed by atoms with E-state index in [2.05, 4.69) is 0 Å². The molecule has 4 aromatic rings. The van der Waals surface area contributed by atoms with E-state index >= 15 is 0 Å². The Labute approximate surface area is 262 Å². The van der Waals surface area contributed by atoms with Gasteiger partial charge in [0, 0.05) is 47.1 Å². The molecule has 0 fully saturated rings. The summed E-state index contributed by atoms with van der Waals surface area (Å²) in [6.07, 6.45) is -1.31. The highest BCUT2D eigenvalue weighted by molar-refractivity contribution is 6.03. The van der Waals surface area contributed by atoms with Crippen molar-refractivity contribution in [1.29, 1.82) is 0 Å². The Morgan fingerprint density at radius 1 is 0.761 bits per heavy atom. The first-order chi connectivity index (χ1) is 21.8. The Balaban J connectivity index is 1.53. The summed E-state index contributed by atoms with van der Waals surface area (Å²) in [6.45, 7) is 1.77. The number of aliphatic hydroxyl groups excluding tert-OH is 1. The highest BCUT2D eigenvalue weighted by Crippen LogP contribution is 2.54. The van der Waals surface area contributed by atoms with Crippen LogP contribution in [0.1, 0.15) is 68.7 Å². The van der Waals surface area contributed by atoms with E-state index in [9.17, 15) is 50.4 Å². The second-order valence-electron chi connectivity index (χ2n) is 11.6. The predicted molar refractivity (Wildman–Crippen MR) is 163 cm³/mol. The first-order valence-electron chi connectivity index (χ1n) is 14.4. The van der Waals surface area contributed by atoms with Crippen LogP contribution in [0.15, 0.2) is 78.4 Å². The molecule has 0 unspecified atom stereocenters. The molecule has 1 heterocycles. The van der Waals surface area contributed by atoms with E-state index in [1.54, 1.807) is 13.0 Å². The van der Waals surface area contributed by atoms with Gasteiger partial charge in [0.1, 0.15) is 46.0 Å². The predicted octanol–water partition coefficient (Wildman–Crippen LogP) is 5.02. The fraction of sp³-hybridized carbons (Fsp3) is 0.200. The van der Waals surface area contributed by atoms with Crippen LogP contribution < -0.4 is 4.74 Å². The van der Waals surface area contributed by atoms with Crippen molar-refractivity contribution in [2.75, 3.05) is 0 Å². The van der Waals surface area contributed by atoms with Crippen molar-refractivity contribution >= 4 is 11.6 Å². The maximum Gasteiger partial charge on any atom is 0.199 e. The van der Waals surface area contributed by atoms with Crippen LogP contribution >= 0.6 is 0 Å². The van der Waals surface area contributed by atoms with Crippen molar-refractivity contribution in [3.8, 4) is 46.0 Å². The van der Waals surface area contributed by atoms with E-state index in [4.69, 9.17) is 4.74 Å². The minimum absolute atomic E-state index is 0.0264. The quantitative estimate of drug-likeness (QED) is 0.109.